The maximum atomic E-state index is 12.9. The number of fused-ring (bicyclic) bond motifs is 3. The van der Waals surface area contributed by atoms with Crippen molar-refractivity contribution in [2.75, 3.05) is 6.54 Å². The fourth-order valence-corrected chi connectivity index (χ4v) is 4.72. The quantitative estimate of drug-likeness (QED) is 0.367. The van der Waals surface area contributed by atoms with E-state index in [2.05, 4.69) is 9.55 Å². The highest BCUT2D eigenvalue weighted by Crippen LogP contribution is 2.32. The van der Waals surface area contributed by atoms with Crippen LogP contribution < -0.4 is 10.3 Å². The molecule has 0 aliphatic carbocycles. The highest BCUT2D eigenvalue weighted by Gasteiger charge is 2.29. The van der Waals surface area contributed by atoms with Gasteiger partial charge in [0, 0.05) is 55.1 Å². The van der Waals surface area contributed by atoms with Crippen LogP contribution in [0.3, 0.4) is 0 Å². The van der Waals surface area contributed by atoms with Crippen LogP contribution in [-0.2, 0) is 31.4 Å². The summed E-state index contributed by atoms with van der Waals surface area (Å²) in [6.07, 6.45) is 3.71. The second-order valence-electron chi connectivity index (χ2n) is 10.2. The van der Waals surface area contributed by atoms with Crippen molar-refractivity contribution in [3.8, 4) is 11.4 Å². The molecular formula is C28H29ClN4O4. The van der Waals surface area contributed by atoms with E-state index in [1.807, 2.05) is 46.0 Å². The lowest BCUT2D eigenvalue weighted by atomic mass is 10.0. The van der Waals surface area contributed by atoms with E-state index in [4.69, 9.17) is 21.1 Å². The number of carbonyl (C=O) groups excluding carboxylic acids is 1. The van der Waals surface area contributed by atoms with Crippen molar-refractivity contribution in [3.05, 3.63) is 87.2 Å². The molecule has 192 valence electrons. The zero-order chi connectivity index (χ0) is 26.3. The third kappa shape index (κ3) is 5.20. The molecule has 0 spiro atoms. The molecule has 0 unspecified atom stereocenters. The summed E-state index contributed by atoms with van der Waals surface area (Å²) in [5.41, 5.74) is 4.06. The molecule has 0 saturated heterocycles. The first-order valence-corrected chi connectivity index (χ1v) is 12.5. The number of carbonyl (C=O) groups is 1. The van der Waals surface area contributed by atoms with Crippen LogP contribution in [0, 0.1) is 0 Å². The van der Waals surface area contributed by atoms with Crippen molar-refractivity contribution in [2.24, 2.45) is 7.05 Å². The van der Waals surface area contributed by atoms with Gasteiger partial charge < -0.3 is 18.9 Å². The molecule has 8 nitrogen and oxygen atoms in total. The average Bonchev–Trinajstić information content (AvgIpc) is 3.13. The van der Waals surface area contributed by atoms with Crippen LogP contribution in [0.5, 0.6) is 5.75 Å². The number of rotatable bonds is 4. The average molecular weight is 521 g/mol. The van der Waals surface area contributed by atoms with Crippen molar-refractivity contribution in [2.45, 2.75) is 45.9 Å². The number of aromatic nitrogens is 3. The molecule has 1 amide bonds. The minimum atomic E-state index is -0.536. The predicted octanol–water partition coefficient (Wildman–Crippen LogP) is 5.25. The highest BCUT2D eigenvalue weighted by molar-refractivity contribution is 6.30. The van der Waals surface area contributed by atoms with Gasteiger partial charge in [0.05, 0.1) is 28.5 Å². The molecule has 1 aromatic carbocycles. The summed E-state index contributed by atoms with van der Waals surface area (Å²) >= 11 is 5.87. The largest absolute Gasteiger partial charge is 0.487 e. The number of ether oxygens (including phenoxy) is 2. The van der Waals surface area contributed by atoms with Gasteiger partial charge in [0.2, 0.25) is 0 Å². The second kappa shape index (κ2) is 9.59. The molecule has 1 aliphatic rings. The molecule has 1 aliphatic heterocycles. The Morgan fingerprint density at radius 1 is 1.14 bits per heavy atom. The topological polar surface area (TPSA) is 78.6 Å². The molecule has 4 heterocycles. The van der Waals surface area contributed by atoms with Gasteiger partial charge in [-0.3, -0.25) is 14.3 Å². The van der Waals surface area contributed by atoms with Gasteiger partial charge in [-0.05, 0) is 51.1 Å². The van der Waals surface area contributed by atoms with Crippen molar-refractivity contribution in [1.29, 1.82) is 0 Å². The number of halogens is 1. The molecule has 5 rings (SSSR count). The first-order valence-electron chi connectivity index (χ1n) is 12.1. The van der Waals surface area contributed by atoms with Crippen molar-refractivity contribution in [1.82, 2.24) is 19.0 Å². The molecule has 0 radical (unpaired) electrons. The Labute approximate surface area is 220 Å². The number of nitrogens with zero attached hydrogens (tertiary/aromatic N) is 4. The summed E-state index contributed by atoms with van der Waals surface area (Å²) in [5.74, 6) is 0.468. The lowest BCUT2D eigenvalue weighted by Gasteiger charge is -2.30. The summed E-state index contributed by atoms with van der Waals surface area (Å²) in [7, 11) is 2.03. The number of aryl methyl sites for hydroxylation is 1. The lowest BCUT2D eigenvalue weighted by Crippen LogP contribution is -2.40. The summed E-state index contributed by atoms with van der Waals surface area (Å²) in [5, 5.41) is 1.63. The zero-order valence-corrected chi connectivity index (χ0v) is 22.1. The third-order valence-electron chi connectivity index (χ3n) is 6.38. The van der Waals surface area contributed by atoms with E-state index in [-0.39, 0.29) is 18.3 Å². The van der Waals surface area contributed by atoms with Crippen molar-refractivity contribution in [3.63, 3.8) is 0 Å². The first kappa shape index (κ1) is 24.9. The van der Waals surface area contributed by atoms with Gasteiger partial charge in [-0.2, -0.15) is 0 Å². The van der Waals surface area contributed by atoms with Crippen molar-refractivity contribution < 1.29 is 14.3 Å². The van der Waals surface area contributed by atoms with E-state index in [1.54, 1.807) is 40.1 Å². The van der Waals surface area contributed by atoms with Crippen LogP contribution in [0.1, 0.15) is 37.7 Å². The maximum Gasteiger partial charge on any atom is 0.410 e. The van der Waals surface area contributed by atoms with Crippen molar-refractivity contribution >= 4 is 28.6 Å². The summed E-state index contributed by atoms with van der Waals surface area (Å²) in [6, 6.07) is 12.7. The Kier molecular flexibility index (Phi) is 6.45. The second-order valence-corrected chi connectivity index (χ2v) is 10.6. The summed E-state index contributed by atoms with van der Waals surface area (Å²) < 4.78 is 15.1. The fraction of sp³-hybridized carbons (Fsp3) is 0.321. The third-order valence-corrected chi connectivity index (χ3v) is 6.61. The Hall–Kier alpha value is -3.78. The van der Waals surface area contributed by atoms with Gasteiger partial charge in [0.15, 0.2) is 0 Å². The highest BCUT2D eigenvalue weighted by atomic mass is 35.5. The minimum absolute atomic E-state index is 0.198. The van der Waals surface area contributed by atoms with E-state index in [0.29, 0.717) is 23.9 Å². The molecule has 37 heavy (non-hydrogen) atoms. The number of hydrogen-bond donors (Lipinski definition) is 0. The van der Waals surface area contributed by atoms with Gasteiger partial charge in [-0.1, -0.05) is 17.7 Å². The Morgan fingerprint density at radius 3 is 2.65 bits per heavy atom. The molecule has 0 saturated carbocycles. The van der Waals surface area contributed by atoms with Gasteiger partial charge in [0.1, 0.15) is 18.0 Å². The van der Waals surface area contributed by atoms with Gasteiger partial charge in [-0.15, -0.1) is 0 Å². The van der Waals surface area contributed by atoms with Gasteiger partial charge >= 0.3 is 6.09 Å². The number of benzene rings is 1. The molecular weight excluding hydrogens is 492 g/mol. The molecule has 3 aromatic heterocycles. The fourth-order valence-electron chi connectivity index (χ4n) is 4.61. The molecule has 0 fully saturated rings. The monoisotopic (exact) mass is 520 g/mol. The zero-order valence-electron chi connectivity index (χ0n) is 21.3. The molecule has 4 aromatic rings. The van der Waals surface area contributed by atoms with E-state index < -0.39 is 5.60 Å². The molecule has 0 bridgehead atoms. The SMILES string of the molecule is Cn1c2c(c3ccc(-n4ccc(OCc5ccc(Cl)cn5)cc4=O)cc31)CN(C(=O)OC(C)(C)C)CC2. The van der Waals surface area contributed by atoms with Crippen LogP contribution in [0.25, 0.3) is 16.6 Å². The molecule has 0 N–H and O–H groups in total. The normalized spacial score (nSPS) is 13.5. The number of pyridine rings is 2. The van der Waals surface area contributed by atoms with E-state index in [9.17, 15) is 9.59 Å². The standard InChI is InChI=1S/C28H29ClN4O4/c1-28(2,3)37-27(35)32-11-10-24-23(16-32)22-8-7-20(13-25(22)31(24)4)33-12-9-21(14-26(33)34)36-17-19-6-5-18(29)15-30-19/h5-9,12-15H,10-11,16-17H2,1-4H3. The van der Waals surface area contributed by atoms with Crippen LogP contribution >= 0.6 is 11.6 Å². The lowest BCUT2D eigenvalue weighted by molar-refractivity contribution is 0.0223. The first-order chi connectivity index (χ1) is 17.6. The van der Waals surface area contributed by atoms with E-state index in [1.165, 1.54) is 11.8 Å². The van der Waals surface area contributed by atoms with E-state index >= 15 is 0 Å². The minimum Gasteiger partial charge on any atom is -0.487 e. The number of amides is 1. The Balaban J connectivity index is 1.38. The van der Waals surface area contributed by atoms with Crippen LogP contribution in [0.2, 0.25) is 5.02 Å². The maximum absolute atomic E-state index is 12.9. The Bertz CT molecular complexity index is 1530. The predicted molar refractivity (Wildman–Crippen MR) is 142 cm³/mol. The Morgan fingerprint density at radius 2 is 1.95 bits per heavy atom. The summed E-state index contributed by atoms with van der Waals surface area (Å²) in [6.45, 7) is 6.95. The van der Waals surface area contributed by atoms with Gasteiger partial charge in [-0.25, -0.2) is 4.79 Å². The summed E-state index contributed by atoms with van der Waals surface area (Å²) in [4.78, 5) is 31.5. The van der Waals surface area contributed by atoms with E-state index in [0.717, 1.165) is 34.3 Å². The number of hydrogen-bond acceptors (Lipinski definition) is 5. The molecule has 9 heteroatoms. The van der Waals surface area contributed by atoms with Crippen LogP contribution in [0.4, 0.5) is 4.79 Å². The smallest absolute Gasteiger partial charge is 0.410 e. The van der Waals surface area contributed by atoms with Gasteiger partial charge in [0.25, 0.3) is 5.56 Å². The van der Waals surface area contributed by atoms with Crippen LogP contribution in [-0.4, -0.2) is 37.3 Å². The molecule has 0 atom stereocenters. The van der Waals surface area contributed by atoms with Crippen LogP contribution in [0.15, 0.2) is 59.7 Å².